The van der Waals surface area contributed by atoms with Crippen molar-refractivity contribution in [3.05, 3.63) is 40.5 Å². The number of aryl methyl sites for hydroxylation is 2. The molecular formula is C17H21N3S. The first-order valence-corrected chi connectivity index (χ1v) is 8.37. The number of hydrogen-bond donors (Lipinski definition) is 0. The maximum absolute atomic E-state index is 4.78. The van der Waals surface area contributed by atoms with E-state index >= 15 is 0 Å². The van der Waals surface area contributed by atoms with Gasteiger partial charge < -0.3 is 0 Å². The fraction of sp³-hybridized carbons (Fsp3) is 0.412. The van der Waals surface area contributed by atoms with Gasteiger partial charge in [-0.2, -0.15) is 5.10 Å². The summed E-state index contributed by atoms with van der Waals surface area (Å²) in [6.07, 6.45) is 4.33. The summed E-state index contributed by atoms with van der Waals surface area (Å²) in [6, 6.07) is 6.49. The number of nitrogens with zero attached hydrogens (tertiary/aromatic N) is 3. The van der Waals surface area contributed by atoms with Crippen LogP contribution < -0.4 is 0 Å². The monoisotopic (exact) mass is 299 g/mol. The summed E-state index contributed by atoms with van der Waals surface area (Å²) in [5, 5.41) is 5.93. The van der Waals surface area contributed by atoms with E-state index in [9.17, 15) is 0 Å². The van der Waals surface area contributed by atoms with Crippen LogP contribution in [-0.2, 0) is 0 Å². The Morgan fingerprint density at radius 3 is 2.62 bits per heavy atom. The van der Waals surface area contributed by atoms with E-state index < -0.39 is 0 Å². The molecule has 3 nitrogen and oxygen atoms in total. The van der Waals surface area contributed by atoms with E-state index in [4.69, 9.17) is 10.1 Å². The van der Waals surface area contributed by atoms with Gasteiger partial charge in [-0.1, -0.05) is 42.9 Å². The van der Waals surface area contributed by atoms with Crippen molar-refractivity contribution in [2.75, 3.05) is 0 Å². The molecule has 3 rings (SSSR count). The normalized spacial score (nSPS) is 11.7. The molecule has 0 radical (unpaired) electrons. The van der Waals surface area contributed by atoms with Crippen molar-refractivity contribution >= 4 is 16.3 Å². The molecule has 4 heteroatoms. The van der Waals surface area contributed by atoms with E-state index in [0.29, 0.717) is 5.92 Å². The van der Waals surface area contributed by atoms with E-state index in [2.05, 4.69) is 52.1 Å². The molecule has 0 unspecified atom stereocenters. The Morgan fingerprint density at radius 2 is 1.95 bits per heavy atom. The van der Waals surface area contributed by atoms with Crippen molar-refractivity contribution in [3.63, 3.8) is 0 Å². The number of fused-ring (bicyclic) bond motifs is 1. The van der Waals surface area contributed by atoms with Crippen LogP contribution in [0.3, 0.4) is 0 Å². The lowest BCUT2D eigenvalue weighted by molar-refractivity contribution is 0.626. The van der Waals surface area contributed by atoms with Gasteiger partial charge in [-0.25, -0.2) is 9.50 Å². The van der Waals surface area contributed by atoms with Gasteiger partial charge in [0, 0.05) is 11.5 Å². The molecule has 2 aromatic heterocycles. The van der Waals surface area contributed by atoms with Crippen LogP contribution in [0.15, 0.2) is 24.4 Å². The molecule has 0 N–H and O–H groups in total. The number of rotatable bonds is 4. The van der Waals surface area contributed by atoms with Crippen molar-refractivity contribution in [1.82, 2.24) is 14.6 Å². The maximum Gasteiger partial charge on any atom is 0.212 e. The predicted octanol–water partition coefficient (Wildman–Crippen LogP) is 4.98. The Bertz CT molecular complexity index is 734. The highest BCUT2D eigenvalue weighted by Crippen LogP contribution is 2.30. The molecule has 0 amide bonds. The zero-order valence-electron chi connectivity index (χ0n) is 13.1. The first-order valence-electron chi connectivity index (χ1n) is 7.56. The molecule has 0 aliphatic rings. The van der Waals surface area contributed by atoms with Gasteiger partial charge in [0.05, 0.1) is 11.9 Å². The minimum absolute atomic E-state index is 0.556. The van der Waals surface area contributed by atoms with Crippen LogP contribution in [-0.4, -0.2) is 14.6 Å². The largest absolute Gasteiger partial charge is 0.217 e. The summed E-state index contributed by atoms with van der Waals surface area (Å²) in [4.78, 5) is 5.77. The lowest BCUT2D eigenvalue weighted by Crippen LogP contribution is -1.95. The SMILES string of the molecule is CCC(CC)c1nn2cc(-c3cc(C)ccc3C)nc2s1. The molecule has 110 valence electrons. The number of imidazole rings is 1. The van der Waals surface area contributed by atoms with Crippen LogP contribution in [0.4, 0.5) is 0 Å². The third kappa shape index (κ3) is 2.60. The molecule has 0 bridgehead atoms. The van der Waals surface area contributed by atoms with E-state index in [1.165, 1.54) is 21.7 Å². The Labute approximate surface area is 129 Å². The topological polar surface area (TPSA) is 30.2 Å². The second-order valence-electron chi connectivity index (χ2n) is 5.63. The zero-order valence-corrected chi connectivity index (χ0v) is 13.9. The summed E-state index contributed by atoms with van der Waals surface area (Å²) < 4.78 is 1.94. The number of aromatic nitrogens is 3. The standard InChI is InChI=1S/C17H21N3S/c1-5-13(6-2)16-19-20-10-15(18-17(20)21-16)14-9-11(3)7-8-12(14)4/h7-10,13H,5-6H2,1-4H3. The van der Waals surface area contributed by atoms with Crippen molar-refractivity contribution in [1.29, 1.82) is 0 Å². The molecule has 0 fully saturated rings. The molecule has 2 heterocycles. The second-order valence-corrected chi connectivity index (χ2v) is 6.61. The van der Waals surface area contributed by atoms with Gasteiger partial charge in [-0.3, -0.25) is 0 Å². The molecule has 0 aliphatic carbocycles. The van der Waals surface area contributed by atoms with Gasteiger partial charge in [0.25, 0.3) is 0 Å². The predicted molar refractivity (Wildman–Crippen MR) is 89.1 cm³/mol. The maximum atomic E-state index is 4.78. The van der Waals surface area contributed by atoms with Gasteiger partial charge >= 0.3 is 0 Å². The van der Waals surface area contributed by atoms with Crippen molar-refractivity contribution in [3.8, 4) is 11.3 Å². The highest BCUT2D eigenvalue weighted by molar-refractivity contribution is 7.16. The van der Waals surface area contributed by atoms with Crippen molar-refractivity contribution in [2.24, 2.45) is 0 Å². The Balaban J connectivity index is 2.03. The quantitative estimate of drug-likeness (QED) is 0.680. The highest BCUT2D eigenvalue weighted by atomic mass is 32.1. The third-order valence-corrected chi connectivity index (χ3v) is 5.15. The summed E-state index contributed by atoms with van der Waals surface area (Å²) in [7, 11) is 0. The summed E-state index contributed by atoms with van der Waals surface area (Å²) in [5.41, 5.74) is 4.74. The number of benzene rings is 1. The fourth-order valence-electron chi connectivity index (χ4n) is 2.66. The molecule has 0 saturated heterocycles. The molecule has 1 aromatic carbocycles. The van der Waals surface area contributed by atoms with Crippen LogP contribution in [0.2, 0.25) is 0 Å². The van der Waals surface area contributed by atoms with Gasteiger partial charge in [-0.15, -0.1) is 0 Å². The average molecular weight is 299 g/mol. The Morgan fingerprint density at radius 1 is 1.19 bits per heavy atom. The molecule has 0 atom stereocenters. The van der Waals surface area contributed by atoms with Crippen LogP contribution in [0.1, 0.15) is 48.7 Å². The molecule has 0 saturated carbocycles. The minimum atomic E-state index is 0.556. The van der Waals surface area contributed by atoms with Crippen molar-refractivity contribution in [2.45, 2.75) is 46.5 Å². The minimum Gasteiger partial charge on any atom is -0.217 e. The van der Waals surface area contributed by atoms with E-state index in [1.807, 2.05) is 4.52 Å². The van der Waals surface area contributed by atoms with E-state index in [0.717, 1.165) is 23.5 Å². The van der Waals surface area contributed by atoms with Crippen LogP contribution in [0.25, 0.3) is 16.2 Å². The third-order valence-electron chi connectivity index (χ3n) is 4.06. The van der Waals surface area contributed by atoms with Gasteiger partial charge in [0.1, 0.15) is 5.01 Å². The summed E-state index contributed by atoms with van der Waals surface area (Å²) in [6.45, 7) is 8.69. The van der Waals surface area contributed by atoms with Crippen LogP contribution in [0.5, 0.6) is 0 Å². The van der Waals surface area contributed by atoms with Crippen LogP contribution in [0, 0.1) is 13.8 Å². The second kappa shape index (κ2) is 5.60. The summed E-state index contributed by atoms with van der Waals surface area (Å²) in [5.74, 6) is 0.556. The van der Waals surface area contributed by atoms with E-state index in [-0.39, 0.29) is 0 Å². The first kappa shape index (κ1) is 14.3. The first-order chi connectivity index (χ1) is 10.1. The van der Waals surface area contributed by atoms with Crippen LogP contribution >= 0.6 is 11.3 Å². The lowest BCUT2D eigenvalue weighted by Gasteiger charge is -2.06. The smallest absolute Gasteiger partial charge is 0.212 e. The molecule has 21 heavy (non-hydrogen) atoms. The lowest BCUT2D eigenvalue weighted by atomic mass is 10.0. The molecular weight excluding hydrogens is 278 g/mol. The summed E-state index contributed by atoms with van der Waals surface area (Å²) >= 11 is 1.72. The van der Waals surface area contributed by atoms with Gasteiger partial charge in [0.15, 0.2) is 0 Å². The fourth-order valence-corrected chi connectivity index (χ4v) is 3.81. The molecule has 3 aromatic rings. The Kier molecular flexibility index (Phi) is 3.81. The van der Waals surface area contributed by atoms with Crippen molar-refractivity contribution < 1.29 is 0 Å². The zero-order chi connectivity index (χ0) is 15.0. The number of hydrogen-bond acceptors (Lipinski definition) is 3. The van der Waals surface area contributed by atoms with Gasteiger partial charge in [-0.05, 0) is 38.3 Å². The molecule has 0 spiro atoms. The van der Waals surface area contributed by atoms with Gasteiger partial charge in [0.2, 0.25) is 4.96 Å². The average Bonchev–Trinajstić information content (AvgIpc) is 3.01. The molecule has 0 aliphatic heterocycles. The Hall–Kier alpha value is -1.68. The highest BCUT2D eigenvalue weighted by Gasteiger charge is 2.16. The van der Waals surface area contributed by atoms with E-state index in [1.54, 1.807) is 11.3 Å².